The van der Waals surface area contributed by atoms with Gasteiger partial charge in [-0.15, -0.1) is 0 Å². The van der Waals surface area contributed by atoms with Gasteiger partial charge in [-0.1, -0.05) is 32.0 Å². The SMILES string of the molecule is CC(C)CNC(=O)/C=C/c1n[nH]c2ccccc12. The molecule has 0 fully saturated rings. The molecule has 1 amide bonds. The number of H-pyrrole nitrogens is 1. The smallest absolute Gasteiger partial charge is 0.244 e. The molecule has 0 aliphatic heterocycles. The summed E-state index contributed by atoms with van der Waals surface area (Å²) in [7, 11) is 0. The standard InChI is InChI=1S/C14H17N3O/c1-10(2)9-15-14(18)8-7-13-11-5-3-4-6-12(11)16-17-13/h3-8,10H,9H2,1-2H3,(H,15,18)(H,16,17)/b8-7+. The highest BCUT2D eigenvalue weighted by Gasteiger charge is 2.02. The Labute approximate surface area is 106 Å². The largest absolute Gasteiger partial charge is 0.352 e. The van der Waals surface area contributed by atoms with E-state index in [4.69, 9.17) is 0 Å². The fraction of sp³-hybridized carbons (Fsp3) is 0.286. The van der Waals surface area contributed by atoms with Gasteiger partial charge in [0, 0.05) is 18.0 Å². The van der Waals surface area contributed by atoms with E-state index in [2.05, 4.69) is 29.4 Å². The molecule has 0 saturated heterocycles. The molecule has 0 saturated carbocycles. The minimum atomic E-state index is -0.0872. The molecular formula is C14H17N3O. The van der Waals surface area contributed by atoms with Crippen LogP contribution < -0.4 is 5.32 Å². The first-order valence-corrected chi connectivity index (χ1v) is 6.06. The van der Waals surface area contributed by atoms with Crippen LogP contribution in [-0.4, -0.2) is 22.6 Å². The number of hydrogen-bond acceptors (Lipinski definition) is 2. The minimum Gasteiger partial charge on any atom is -0.352 e. The molecule has 1 heterocycles. The Bertz CT molecular complexity index is 569. The van der Waals surface area contributed by atoms with Crippen molar-refractivity contribution in [2.45, 2.75) is 13.8 Å². The van der Waals surface area contributed by atoms with Crippen LogP contribution in [0.1, 0.15) is 19.5 Å². The van der Waals surface area contributed by atoms with E-state index in [1.54, 1.807) is 6.08 Å². The van der Waals surface area contributed by atoms with Gasteiger partial charge < -0.3 is 5.32 Å². The number of aromatic amines is 1. The topological polar surface area (TPSA) is 57.8 Å². The second-order valence-electron chi connectivity index (χ2n) is 4.63. The third-order valence-electron chi connectivity index (χ3n) is 2.58. The van der Waals surface area contributed by atoms with Crippen LogP contribution >= 0.6 is 0 Å². The average molecular weight is 243 g/mol. The Morgan fingerprint density at radius 2 is 2.22 bits per heavy atom. The second kappa shape index (κ2) is 5.49. The number of aromatic nitrogens is 2. The van der Waals surface area contributed by atoms with Crippen molar-refractivity contribution in [3.63, 3.8) is 0 Å². The van der Waals surface area contributed by atoms with Crippen LogP contribution in [0.25, 0.3) is 17.0 Å². The molecule has 0 unspecified atom stereocenters. The molecule has 2 aromatic rings. The van der Waals surface area contributed by atoms with Crippen LogP contribution in [-0.2, 0) is 4.79 Å². The van der Waals surface area contributed by atoms with Gasteiger partial charge in [-0.25, -0.2) is 0 Å². The number of hydrogen-bond donors (Lipinski definition) is 2. The van der Waals surface area contributed by atoms with Crippen molar-refractivity contribution in [3.05, 3.63) is 36.0 Å². The molecule has 1 aromatic carbocycles. The number of nitrogens with one attached hydrogen (secondary N) is 2. The third-order valence-corrected chi connectivity index (χ3v) is 2.58. The van der Waals surface area contributed by atoms with E-state index < -0.39 is 0 Å². The van der Waals surface area contributed by atoms with Gasteiger partial charge in [-0.3, -0.25) is 9.89 Å². The first kappa shape index (κ1) is 12.4. The van der Waals surface area contributed by atoms with Crippen LogP contribution in [0, 0.1) is 5.92 Å². The highest BCUT2D eigenvalue weighted by atomic mass is 16.1. The van der Waals surface area contributed by atoms with Crippen molar-refractivity contribution in [2.24, 2.45) is 5.92 Å². The van der Waals surface area contributed by atoms with Crippen molar-refractivity contribution < 1.29 is 4.79 Å². The number of rotatable bonds is 4. The van der Waals surface area contributed by atoms with E-state index in [1.165, 1.54) is 6.08 Å². The predicted molar refractivity (Wildman–Crippen MR) is 73.0 cm³/mol. The Kier molecular flexibility index (Phi) is 3.77. The number of carbonyl (C=O) groups is 1. The van der Waals surface area contributed by atoms with Gasteiger partial charge in [0.15, 0.2) is 0 Å². The van der Waals surface area contributed by atoms with E-state index >= 15 is 0 Å². The van der Waals surface area contributed by atoms with E-state index in [1.807, 2.05) is 24.3 Å². The van der Waals surface area contributed by atoms with E-state index in [0.29, 0.717) is 12.5 Å². The van der Waals surface area contributed by atoms with Crippen molar-refractivity contribution >= 4 is 22.9 Å². The summed E-state index contributed by atoms with van der Waals surface area (Å²) in [6.07, 6.45) is 3.25. The number of nitrogens with zero attached hydrogens (tertiary/aromatic N) is 1. The predicted octanol–water partition coefficient (Wildman–Crippen LogP) is 2.35. The van der Waals surface area contributed by atoms with E-state index in [0.717, 1.165) is 16.6 Å². The van der Waals surface area contributed by atoms with Crippen molar-refractivity contribution in [2.75, 3.05) is 6.54 Å². The average Bonchev–Trinajstić information content (AvgIpc) is 2.77. The van der Waals surface area contributed by atoms with Gasteiger partial charge in [-0.2, -0.15) is 5.10 Å². The summed E-state index contributed by atoms with van der Waals surface area (Å²) in [6.45, 7) is 4.81. The number of amides is 1. The molecule has 0 bridgehead atoms. The fourth-order valence-electron chi connectivity index (χ4n) is 1.63. The summed E-state index contributed by atoms with van der Waals surface area (Å²) in [6, 6.07) is 7.83. The van der Waals surface area contributed by atoms with Crippen LogP contribution in [0.4, 0.5) is 0 Å². The Morgan fingerprint density at radius 1 is 1.44 bits per heavy atom. The maximum Gasteiger partial charge on any atom is 0.244 e. The summed E-state index contributed by atoms with van der Waals surface area (Å²) >= 11 is 0. The summed E-state index contributed by atoms with van der Waals surface area (Å²) < 4.78 is 0. The Morgan fingerprint density at radius 3 is 3.00 bits per heavy atom. The van der Waals surface area contributed by atoms with Gasteiger partial charge in [-0.05, 0) is 18.1 Å². The van der Waals surface area contributed by atoms with Crippen LogP contribution in [0.5, 0.6) is 0 Å². The molecule has 0 aliphatic rings. The number of fused-ring (bicyclic) bond motifs is 1. The van der Waals surface area contributed by atoms with Crippen LogP contribution in [0.2, 0.25) is 0 Å². The summed E-state index contributed by atoms with van der Waals surface area (Å²) in [5.74, 6) is 0.365. The normalized spacial score (nSPS) is 11.5. The quantitative estimate of drug-likeness (QED) is 0.810. The van der Waals surface area contributed by atoms with Crippen LogP contribution in [0.3, 0.4) is 0 Å². The molecule has 0 atom stereocenters. The zero-order chi connectivity index (χ0) is 13.0. The maximum atomic E-state index is 11.5. The third kappa shape index (κ3) is 2.97. The lowest BCUT2D eigenvalue weighted by Crippen LogP contribution is -2.25. The zero-order valence-electron chi connectivity index (χ0n) is 10.6. The summed E-state index contributed by atoms with van der Waals surface area (Å²) in [5.41, 5.74) is 1.75. The number of para-hydroxylation sites is 1. The van der Waals surface area contributed by atoms with Crippen molar-refractivity contribution in [3.8, 4) is 0 Å². The molecule has 0 radical (unpaired) electrons. The highest BCUT2D eigenvalue weighted by Crippen LogP contribution is 2.15. The highest BCUT2D eigenvalue weighted by molar-refractivity contribution is 5.95. The molecule has 1 aromatic heterocycles. The van der Waals surface area contributed by atoms with E-state index in [9.17, 15) is 4.79 Å². The van der Waals surface area contributed by atoms with Crippen LogP contribution in [0.15, 0.2) is 30.3 Å². The first-order valence-electron chi connectivity index (χ1n) is 6.06. The minimum absolute atomic E-state index is 0.0872. The van der Waals surface area contributed by atoms with Gasteiger partial charge >= 0.3 is 0 Å². The van der Waals surface area contributed by atoms with Crippen molar-refractivity contribution in [1.29, 1.82) is 0 Å². The van der Waals surface area contributed by atoms with Gasteiger partial charge in [0.05, 0.1) is 11.2 Å². The Balaban J connectivity index is 2.07. The number of carbonyl (C=O) groups excluding carboxylic acids is 1. The molecule has 0 aliphatic carbocycles. The number of benzene rings is 1. The molecule has 0 spiro atoms. The zero-order valence-corrected chi connectivity index (χ0v) is 10.6. The molecule has 2 rings (SSSR count). The second-order valence-corrected chi connectivity index (χ2v) is 4.63. The lowest BCUT2D eigenvalue weighted by molar-refractivity contribution is -0.116. The first-order chi connectivity index (χ1) is 8.66. The Hall–Kier alpha value is -2.10. The lowest BCUT2D eigenvalue weighted by atomic mass is 10.2. The molecule has 18 heavy (non-hydrogen) atoms. The van der Waals surface area contributed by atoms with Gasteiger partial charge in [0.2, 0.25) is 5.91 Å². The van der Waals surface area contributed by atoms with Crippen molar-refractivity contribution in [1.82, 2.24) is 15.5 Å². The van der Waals surface area contributed by atoms with Gasteiger partial charge in [0.25, 0.3) is 0 Å². The van der Waals surface area contributed by atoms with E-state index in [-0.39, 0.29) is 5.91 Å². The maximum absolute atomic E-state index is 11.5. The van der Waals surface area contributed by atoms with Gasteiger partial charge in [0.1, 0.15) is 0 Å². The molecule has 2 N–H and O–H groups in total. The fourth-order valence-corrected chi connectivity index (χ4v) is 1.63. The lowest BCUT2D eigenvalue weighted by Gasteiger charge is -2.03. The molecule has 4 heteroatoms. The molecule has 94 valence electrons. The summed E-state index contributed by atoms with van der Waals surface area (Å²) in [4.78, 5) is 11.5. The molecule has 4 nitrogen and oxygen atoms in total. The molecular weight excluding hydrogens is 226 g/mol. The summed E-state index contributed by atoms with van der Waals surface area (Å²) in [5, 5.41) is 10.9. The monoisotopic (exact) mass is 243 g/mol.